The van der Waals surface area contributed by atoms with Gasteiger partial charge in [0.1, 0.15) is 9.84 Å². The number of carbonyl (C=O) groups excluding carboxylic acids is 1. The van der Waals surface area contributed by atoms with Gasteiger partial charge in [-0.2, -0.15) is 0 Å². The maximum absolute atomic E-state index is 12.2. The Hall–Kier alpha value is -0.580. The molecule has 0 aromatic carbocycles. The molecule has 0 aromatic heterocycles. The highest BCUT2D eigenvalue weighted by atomic mass is 32.2. The summed E-state index contributed by atoms with van der Waals surface area (Å²) in [5.41, 5.74) is -0.374. The van der Waals surface area contributed by atoms with Gasteiger partial charge in [-0.05, 0) is 31.6 Å². The van der Waals surface area contributed by atoms with Gasteiger partial charge in [0, 0.05) is 11.5 Å². The third kappa shape index (κ3) is 5.51. The Kier molecular flexibility index (Phi) is 5.42. The summed E-state index contributed by atoms with van der Waals surface area (Å²) in [6.45, 7) is 8.23. The van der Waals surface area contributed by atoms with Crippen LogP contribution in [-0.2, 0) is 14.6 Å². The second-order valence-electron chi connectivity index (χ2n) is 6.72. The molecule has 0 bridgehead atoms. The number of carbonyl (C=O) groups is 1. The highest BCUT2D eigenvalue weighted by Gasteiger charge is 2.31. The third-order valence-electron chi connectivity index (χ3n) is 3.85. The Bertz CT molecular complexity index is 398. The van der Waals surface area contributed by atoms with E-state index in [4.69, 9.17) is 0 Å². The first-order chi connectivity index (χ1) is 8.62. The zero-order valence-corrected chi connectivity index (χ0v) is 13.3. The van der Waals surface area contributed by atoms with Crippen LogP contribution < -0.4 is 5.32 Å². The zero-order valence-electron chi connectivity index (χ0n) is 12.5. The maximum atomic E-state index is 12.2. The Morgan fingerprint density at radius 1 is 1.26 bits per heavy atom. The lowest BCUT2D eigenvalue weighted by Gasteiger charge is -2.29. The molecule has 1 rings (SSSR count). The van der Waals surface area contributed by atoms with Gasteiger partial charge < -0.3 is 5.32 Å². The van der Waals surface area contributed by atoms with Crippen LogP contribution in [0.5, 0.6) is 0 Å². The molecule has 0 spiro atoms. The molecule has 0 atom stereocenters. The summed E-state index contributed by atoms with van der Waals surface area (Å²) in [4.78, 5) is 12.2. The first-order valence-corrected chi connectivity index (χ1v) is 8.96. The summed E-state index contributed by atoms with van der Waals surface area (Å²) in [6, 6.07) is 0.0225. The van der Waals surface area contributed by atoms with Gasteiger partial charge in [0.15, 0.2) is 0 Å². The average molecular weight is 289 g/mol. The number of sulfone groups is 1. The third-order valence-corrected chi connectivity index (χ3v) is 5.57. The van der Waals surface area contributed by atoms with E-state index in [1.807, 2.05) is 13.8 Å². The van der Waals surface area contributed by atoms with Gasteiger partial charge in [0.05, 0.1) is 11.5 Å². The number of hydrogen-bond donors (Lipinski definition) is 1. The van der Waals surface area contributed by atoms with Gasteiger partial charge in [-0.15, -0.1) is 0 Å². The molecule has 0 radical (unpaired) electrons. The maximum Gasteiger partial charge on any atom is 0.225 e. The lowest BCUT2D eigenvalue weighted by molar-refractivity contribution is -0.130. The Labute approximate surface area is 117 Å². The number of rotatable bonds is 5. The van der Waals surface area contributed by atoms with Gasteiger partial charge in [-0.3, -0.25) is 4.79 Å². The molecule has 5 heteroatoms. The van der Waals surface area contributed by atoms with E-state index in [-0.39, 0.29) is 28.9 Å². The van der Waals surface area contributed by atoms with Crippen LogP contribution in [-0.4, -0.2) is 31.9 Å². The molecule has 1 fully saturated rings. The van der Waals surface area contributed by atoms with E-state index in [2.05, 4.69) is 19.2 Å². The Morgan fingerprint density at radius 2 is 1.79 bits per heavy atom. The summed E-state index contributed by atoms with van der Waals surface area (Å²) >= 11 is 0. The highest BCUT2D eigenvalue weighted by molar-refractivity contribution is 7.91. The summed E-state index contributed by atoms with van der Waals surface area (Å²) < 4.78 is 22.7. The molecule has 0 unspecified atom stereocenters. The van der Waals surface area contributed by atoms with Crippen molar-refractivity contribution in [1.29, 1.82) is 0 Å². The molecule has 0 aromatic rings. The summed E-state index contributed by atoms with van der Waals surface area (Å²) in [6.07, 6.45) is 2.99. The Balaban J connectivity index is 2.46. The van der Waals surface area contributed by atoms with Crippen molar-refractivity contribution < 1.29 is 13.2 Å². The van der Waals surface area contributed by atoms with Crippen molar-refractivity contribution in [3.63, 3.8) is 0 Å². The van der Waals surface area contributed by atoms with Gasteiger partial charge in [-0.1, -0.05) is 27.7 Å². The zero-order chi connectivity index (χ0) is 14.7. The van der Waals surface area contributed by atoms with E-state index in [1.54, 1.807) is 0 Å². The second-order valence-corrected chi connectivity index (χ2v) is 9.02. The quantitative estimate of drug-likeness (QED) is 0.843. The van der Waals surface area contributed by atoms with Crippen molar-refractivity contribution in [2.45, 2.75) is 59.4 Å². The Morgan fingerprint density at radius 3 is 2.26 bits per heavy atom. The molecule has 112 valence electrons. The molecule has 4 nitrogen and oxygen atoms in total. The minimum absolute atomic E-state index is 0.0225. The molecule has 0 aliphatic carbocycles. The number of amides is 1. The van der Waals surface area contributed by atoms with Crippen molar-refractivity contribution in [3.8, 4) is 0 Å². The van der Waals surface area contributed by atoms with E-state index in [1.165, 1.54) is 0 Å². The largest absolute Gasteiger partial charge is 0.353 e. The van der Waals surface area contributed by atoms with Crippen LogP contribution in [0.2, 0.25) is 0 Å². The number of nitrogens with one attached hydrogen (secondary N) is 1. The van der Waals surface area contributed by atoms with Gasteiger partial charge in [0.25, 0.3) is 0 Å². The van der Waals surface area contributed by atoms with E-state index < -0.39 is 9.84 Å². The lowest BCUT2D eigenvalue weighted by Crippen LogP contribution is -2.46. The van der Waals surface area contributed by atoms with Crippen LogP contribution in [0, 0.1) is 11.3 Å². The van der Waals surface area contributed by atoms with Gasteiger partial charge in [0.2, 0.25) is 5.91 Å². The number of hydrogen-bond acceptors (Lipinski definition) is 3. The molecule has 1 amide bonds. The predicted molar refractivity (Wildman–Crippen MR) is 77.7 cm³/mol. The van der Waals surface area contributed by atoms with Crippen LogP contribution in [0.4, 0.5) is 0 Å². The van der Waals surface area contributed by atoms with Crippen LogP contribution >= 0.6 is 0 Å². The predicted octanol–water partition coefficient (Wildman–Crippen LogP) is 2.14. The lowest BCUT2D eigenvalue weighted by atomic mass is 9.84. The van der Waals surface area contributed by atoms with Crippen molar-refractivity contribution in [1.82, 2.24) is 5.32 Å². The second kappa shape index (κ2) is 6.25. The van der Waals surface area contributed by atoms with Gasteiger partial charge in [-0.25, -0.2) is 8.42 Å². The van der Waals surface area contributed by atoms with Crippen molar-refractivity contribution in [2.75, 3.05) is 11.5 Å². The summed E-state index contributed by atoms with van der Waals surface area (Å²) in [5, 5.41) is 3.02. The van der Waals surface area contributed by atoms with Crippen molar-refractivity contribution in [2.24, 2.45) is 11.3 Å². The van der Waals surface area contributed by atoms with Crippen molar-refractivity contribution in [3.05, 3.63) is 0 Å². The monoisotopic (exact) mass is 289 g/mol. The smallest absolute Gasteiger partial charge is 0.225 e. The standard InChI is InChI=1S/C14H27NO3S/c1-11(2)5-8-14(3,4)13(16)15-12-6-9-19(17,18)10-7-12/h11-12H,5-10H2,1-4H3,(H,15,16). The van der Waals surface area contributed by atoms with E-state index in [0.29, 0.717) is 18.8 Å². The fourth-order valence-corrected chi connectivity index (χ4v) is 3.67. The minimum Gasteiger partial charge on any atom is -0.353 e. The first-order valence-electron chi connectivity index (χ1n) is 7.14. The molecular weight excluding hydrogens is 262 g/mol. The molecule has 1 saturated heterocycles. The molecule has 0 saturated carbocycles. The molecule has 1 N–H and O–H groups in total. The topological polar surface area (TPSA) is 63.2 Å². The highest BCUT2D eigenvalue weighted by Crippen LogP contribution is 2.26. The fourth-order valence-electron chi connectivity index (χ4n) is 2.18. The van der Waals surface area contributed by atoms with Crippen LogP contribution in [0.1, 0.15) is 53.4 Å². The normalized spacial score (nSPS) is 20.5. The van der Waals surface area contributed by atoms with Crippen LogP contribution in [0.15, 0.2) is 0 Å². The fraction of sp³-hybridized carbons (Fsp3) is 0.929. The van der Waals surface area contributed by atoms with E-state index in [0.717, 1.165) is 12.8 Å². The van der Waals surface area contributed by atoms with Crippen LogP contribution in [0.25, 0.3) is 0 Å². The molecule has 1 aliphatic heterocycles. The molecule has 19 heavy (non-hydrogen) atoms. The molecule has 1 heterocycles. The van der Waals surface area contributed by atoms with Gasteiger partial charge >= 0.3 is 0 Å². The molecular formula is C14H27NO3S. The van der Waals surface area contributed by atoms with Crippen LogP contribution in [0.3, 0.4) is 0 Å². The first kappa shape index (κ1) is 16.5. The van der Waals surface area contributed by atoms with Crippen molar-refractivity contribution >= 4 is 15.7 Å². The average Bonchev–Trinajstić information content (AvgIpc) is 2.29. The summed E-state index contributed by atoms with van der Waals surface area (Å²) in [7, 11) is -2.86. The molecule has 1 aliphatic rings. The summed E-state index contributed by atoms with van der Waals surface area (Å²) in [5.74, 6) is 1.04. The van der Waals surface area contributed by atoms with E-state index >= 15 is 0 Å². The minimum atomic E-state index is -2.86. The SMILES string of the molecule is CC(C)CCC(C)(C)C(=O)NC1CCS(=O)(=O)CC1. The van der Waals surface area contributed by atoms with E-state index in [9.17, 15) is 13.2 Å².